The molecule has 0 heterocycles. The molecule has 1 N–H and O–H groups in total. The Morgan fingerprint density at radius 2 is 2.06 bits per heavy atom. The Bertz CT molecular complexity index is 403. The Morgan fingerprint density at radius 1 is 1.44 bits per heavy atom. The molecule has 0 aliphatic rings. The number of methoxy groups -OCH3 is 2. The van der Waals surface area contributed by atoms with Gasteiger partial charge in [-0.05, 0) is 24.6 Å². The number of aliphatic hydroxyl groups excluding tert-OH is 1. The van der Waals surface area contributed by atoms with E-state index in [2.05, 4.69) is 4.74 Å². The van der Waals surface area contributed by atoms with Crippen molar-refractivity contribution in [2.45, 2.75) is 13.0 Å². The zero-order valence-corrected chi connectivity index (χ0v) is 9.28. The Morgan fingerprint density at radius 3 is 2.56 bits per heavy atom. The summed E-state index contributed by atoms with van der Waals surface area (Å²) in [7, 11) is 2.53. The summed E-state index contributed by atoms with van der Waals surface area (Å²) in [6, 6.07) is 2.31. The maximum atomic E-state index is 13.2. The average Bonchev–Trinajstić information content (AvgIpc) is 2.26. The molecule has 1 rings (SSSR count). The van der Waals surface area contributed by atoms with Gasteiger partial charge in [0.1, 0.15) is 11.6 Å². The smallest absolute Gasteiger partial charge is 0.339 e. The SMILES string of the molecule is COC(=O)C(O)c1cc(F)cc(C)c1OC. The molecule has 0 radical (unpaired) electrons. The predicted octanol–water partition coefficient (Wildman–Crippen LogP) is 1.35. The second kappa shape index (κ2) is 4.94. The van der Waals surface area contributed by atoms with Gasteiger partial charge in [0.25, 0.3) is 0 Å². The number of hydrogen-bond donors (Lipinski definition) is 1. The fourth-order valence-corrected chi connectivity index (χ4v) is 1.48. The van der Waals surface area contributed by atoms with Crippen LogP contribution < -0.4 is 4.74 Å². The Kier molecular flexibility index (Phi) is 3.84. The molecule has 0 aliphatic carbocycles. The lowest BCUT2D eigenvalue weighted by Gasteiger charge is -2.15. The number of halogens is 1. The number of carbonyl (C=O) groups is 1. The number of benzene rings is 1. The van der Waals surface area contributed by atoms with Crippen LogP contribution in [0.3, 0.4) is 0 Å². The van der Waals surface area contributed by atoms with Crippen LogP contribution in [0.5, 0.6) is 5.75 Å². The highest BCUT2D eigenvalue weighted by molar-refractivity contribution is 5.77. The number of aryl methyl sites for hydroxylation is 1. The van der Waals surface area contributed by atoms with Crippen LogP contribution in [0.15, 0.2) is 12.1 Å². The van der Waals surface area contributed by atoms with Crippen LogP contribution in [-0.2, 0) is 9.53 Å². The minimum absolute atomic E-state index is 0.0619. The number of esters is 1. The Hall–Kier alpha value is -1.62. The molecule has 0 fully saturated rings. The molecule has 1 aromatic carbocycles. The van der Waals surface area contributed by atoms with Gasteiger partial charge in [-0.3, -0.25) is 0 Å². The summed E-state index contributed by atoms with van der Waals surface area (Å²) in [6.07, 6.45) is -1.55. The van der Waals surface area contributed by atoms with Crippen molar-refractivity contribution in [3.63, 3.8) is 0 Å². The van der Waals surface area contributed by atoms with Gasteiger partial charge in [-0.1, -0.05) is 0 Å². The van der Waals surface area contributed by atoms with Crippen molar-refractivity contribution in [1.82, 2.24) is 0 Å². The first kappa shape index (κ1) is 12.4. The Balaban J connectivity index is 3.25. The number of carbonyl (C=O) groups excluding carboxylic acids is 1. The van der Waals surface area contributed by atoms with Crippen molar-refractivity contribution in [2.75, 3.05) is 14.2 Å². The molecule has 88 valence electrons. The van der Waals surface area contributed by atoms with Gasteiger partial charge < -0.3 is 14.6 Å². The molecule has 1 atom stereocenters. The van der Waals surface area contributed by atoms with Gasteiger partial charge in [0.2, 0.25) is 0 Å². The fraction of sp³-hybridized carbons (Fsp3) is 0.364. The molecule has 16 heavy (non-hydrogen) atoms. The van der Waals surface area contributed by atoms with E-state index < -0.39 is 17.9 Å². The van der Waals surface area contributed by atoms with E-state index in [4.69, 9.17) is 4.74 Å². The third-order valence-corrected chi connectivity index (χ3v) is 2.19. The van der Waals surface area contributed by atoms with Crippen LogP contribution in [0.1, 0.15) is 17.2 Å². The molecular weight excluding hydrogens is 215 g/mol. The molecule has 0 saturated heterocycles. The van der Waals surface area contributed by atoms with Gasteiger partial charge >= 0.3 is 5.97 Å². The molecule has 4 nitrogen and oxygen atoms in total. The summed E-state index contributed by atoms with van der Waals surface area (Å²) in [5.74, 6) is -1.13. The maximum Gasteiger partial charge on any atom is 0.339 e. The third-order valence-electron chi connectivity index (χ3n) is 2.19. The lowest BCUT2D eigenvalue weighted by Crippen LogP contribution is -2.15. The van der Waals surface area contributed by atoms with E-state index in [9.17, 15) is 14.3 Å². The van der Waals surface area contributed by atoms with Crippen LogP contribution >= 0.6 is 0 Å². The van der Waals surface area contributed by atoms with Gasteiger partial charge in [-0.2, -0.15) is 0 Å². The summed E-state index contributed by atoms with van der Waals surface area (Å²) >= 11 is 0. The van der Waals surface area contributed by atoms with Crippen LogP contribution in [0, 0.1) is 12.7 Å². The fourth-order valence-electron chi connectivity index (χ4n) is 1.48. The zero-order valence-electron chi connectivity index (χ0n) is 9.28. The van der Waals surface area contributed by atoms with E-state index in [0.29, 0.717) is 5.56 Å². The molecule has 0 spiro atoms. The molecule has 1 aromatic rings. The molecule has 0 aliphatic heterocycles. The molecule has 5 heteroatoms. The number of ether oxygens (including phenoxy) is 2. The van der Waals surface area contributed by atoms with Crippen LogP contribution in [0.2, 0.25) is 0 Å². The monoisotopic (exact) mass is 228 g/mol. The summed E-state index contributed by atoms with van der Waals surface area (Å²) in [5.41, 5.74) is 0.562. The van der Waals surface area contributed by atoms with Crippen molar-refractivity contribution < 1.29 is 23.8 Å². The highest BCUT2D eigenvalue weighted by atomic mass is 19.1. The summed E-state index contributed by atoms with van der Waals surface area (Å²) < 4.78 is 22.5. The summed E-state index contributed by atoms with van der Waals surface area (Å²) in [6.45, 7) is 1.62. The first-order valence-electron chi connectivity index (χ1n) is 4.61. The predicted molar refractivity (Wildman–Crippen MR) is 54.7 cm³/mol. The average molecular weight is 228 g/mol. The van der Waals surface area contributed by atoms with Gasteiger partial charge in [0.05, 0.1) is 14.2 Å². The standard InChI is InChI=1S/C11H13FO4/c1-6-4-7(12)5-8(10(6)15-2)9(13)11(14)16-3/h4-5,9,13H,1-3H3. The van der Waals surface area contributed by atoms with Crippen LogP contribution in [0.4, 0.5) is 4.39 Å². The molecule has 0 saturated carbocycles. The second-order valence-electron chi connectivity index (χ2n) is 3.27. The molecule has 0 aromatic heterocycles. The largest absolute Gasteiger partial charge is 0.496 e. The molecule has 0 amide bonds. The normalized spacial score (nSPS) is 12.1. The van der Waals surface area contributed by atoms with E-state index in [-0.39, 0.29) is 11.3 Å². The minimum atomic E-state index is -1.55. The van der Waals surface area contributed by atoms with Gasteiger partial charge in [0.15, 0.2) is 6.10 Å². The quantitative estimate of drug-likeness (QED) is 0.793. The van der Waals surface area contributed by atoms with Crippen molar-refractivity contribution in [3.05, 3.63) is 29.1 Å². The summed E-state index contributed by atoms with van der Waals surface area (Å²) in [5, 5.41) is 9.63. The number of rotatable bonds is 3. The first-order valence-corrected chi connectivity index (χ1v) is 4.61. The highest BCUT2D eigenvalue weighted by Crippen LogP contribution is 2.30. The van der Waals surface area contributed by atoms with Crippen molar-refractivity contribution in [1.29, 1.82) is 0 Å². The minimum Gasteiger partial charge on any atom is -0.496 e. The second-order valence-corrected chi connectivity index (χ2v) is 3.27. The number of aliphatic hydroxyl groups is 1. The first-order chi connectivity index (χ1) is 7.51. The van der Waals surface area contributed by atoms with E-state index in [1.165, 1.54) is 13.2 Å². The lowest BCUT2D eigenvalue weighted by atomic mass is 10.0. The molecule has 0 bridgehead atoms. The zero-order chi connectivity index (χ0) is 12.3. The van der Waals surface area contributed by atoms with Crippen molar-refractivity contribution >= 4 is 5.97 Å². The van der Waals surface area contributed by atoms with Gasteiger partial charge in [0, 0.05) is 5.56 Å². The highest BCUT2D eigenvalue weighted by Gasteiger charge is 2.23. The number of hydrogen-bond acceptors (Lipinski definition) is 4. The third kappa shape index (κ3) is 2.30. The van der Waals surface area contributed by atoms with E-state index in [1.807, 2.05) is 0 Å². The summed E-state index contributed by atoms with van der Waals surface area (Å²) in [4.78, 5) is 11.2. The van der Waals surface area contributed by atoms with Crippen molar-refractivity contribution in [2.24, 2.45) is 0 Å². The van der Waals surface area contributed by atoms with Crippen LogP contribution in [-0.4, -0.2) is 25.3 Å². The Labute approximate surface area is 92.6 Å². The molecule has 1 unspecified atom stereocenters. The topological polar surface area (TPSA) is 55.8 Å². The maximum absolute atomic E-state index is 13.2. The van der Waals surface area contributed by atoms with Gasteiger partial charge in [-0.15, -0.1) is 0 Å². The van der Waals surface area contributed by atoms with E-state index in [0.717, 1.165) is 13.2 Å². The van der Waals surface area contributed by atoms with Crippen molar-refractivity contribution in [3.8, 4) is 5.75 Å². The van der Waals surface area contributed by atoms with Crippen LogP contribution in [0.25, 0.3) is 0 Å². The van der Waals surface area contributed by atoms with E-state index >= 15 is 0 Å². The molecular formula is C11H13FO4. The van der Waals surface area contributed by atoms with E-state index in [1.54, 1.807) is 6.92 Å². The lowest BCUT2D eigenvalue weighted by molar-refractivity contribution is -0.150. The van der Waals surface area contributed by atoms with Gasteiger partial charge in [-0.25, -0.2) is 9.18 Å².